The molecule has 3 rings (SSSR count). The summed E-state index contributed by atoms with van der Waals surface area (Å²) in [5, 5.41) is 23.9. The van der Waals surface area contributed by atoms with Gasteiger partial charge < -0.3 is 10.6 Å². The SMILES string of the molecule is N#Cc1ccccc1Nc1cnnc(Nc2ccc(Cl)c(Cl)c2)n1. The van der Waals surface area contributed by atoms with Crippen LogP contribution in [0.2, 0.25) is 10.0 Å². The molecule has 0 unspecified atom stereocenters. The molecule has 2 N–H and O–H groups in total. The third-order valence-corrected chi connectivity index (χ3v) is 3.78. The molecule has 0 saturated heterocycles. The number of nitrogens with one attached hydrogen (secondary N) is 2. The summed E-state index contributed by atoms with van der Waals surface area (Å²) in [6, 6.07) is 14.3. The highest BCUT2D eigenvalue weighted by molar-refractivity contribution is 6.42. The van der Waals surface area contributed by atoms with Crippen molar-refractivity contribution in [1.82, 2.24) is 15.2 Å². The van der Waals surface area contributed by atoms with Crippen molar-refractivity contribution in [2.24, 2.45) is 0 Å². The second-order valence-corrected chi connectivity index (χ2v) is 5.52. The molecule has 6 nitrogen and oxygen atoms in total. The second kappa shape index (κ2) is 7.13. The molecule has 0 amide bonds. The molecule has 118 valence electrons. The Kier molecular flexibility index (Phi) is 4.75. The van der Waals surface area contributed by atoms with Crippen LogP contribution >= 0.6 is 23.2 Å². The Labute approximate surface area is 148 Å². The summed E-state index contributed by atoms with van der Waals surface area (Å²) in [6.07, 6.45) is 1.47. The summed E-state index contributed by atoms with van der Waals surface area (Å²) < 4.78 is 0. The molecule has 0 aliphatic carbocycles. The van der Waals surface area contributed by atoms with E-state index in [1.807, 2.05) is 6.07 Å². The molecule has 8 heteroatoms. The number of nitrogens with zero attached hydrogens (tertiary/aromatic N) is 4. The van der Waals surface area contributed by atoms with Crippen molar-refractivity contribution in [3.63, 3.8) is 0 Å². The van der Waals surface area contributed by atoms with Gasteiger partial charge in [-0.1, -0.05) is 35.3 Å². The van der Waals surface area contributed by atoms with Gasteiger partial charge >= 0.3 is 0 Å². The van der Waals surface area contributed by atoms with Crippen LogP contribution in [-0.4, -0.2) is 15.2 Å². The molecule has 0 aliphatic rings. The fraction of sp³-hybridized carbons (Fsp3) is 0. The van der Waals surface area contributed by atoms with Gasteiger partial charge in [0.15, 0.2) is 5.82 Å². The molecule has 0 spiro atoms. The number of aromatic nitrogens is 3. The summed E-state index contributed by atoms with van der Waals surface area (Å²) >= 11 is 11.9. The Morgan fingerprint density at radius 3 is 2.62 bits per heavy atom. The summed E-state index contributed by atoms with van der Waals surface area (Å²) in [6.45, 7) is 0. The van der Waals surface area contributed by atoms with E-state index in [1.165, 1.54) is 6.20 Å². The first kappa shape index (κ1) is 16.0. The third-order valence-electron chi connectivity index (χ3n) is 3.04. The van der Waals surface area contributed by atoms with E-state index in [0.717, 1.165) is 0 Å². The minimum absolute atomic E-state index is 0.285. The number of halogens is 2. The van der Waals surface area contributed by atoms with Crippen LogP contribution in [0, 0.1) is 11.3 Å². The van der Waals surface area contributed by atoms with Gasteiger partial charge in [-0.3, -0.25) is 0 Å². The van der Waals surface area contributed by atoms with E-state index >= 15 is 0 Å². The first-order valence-electron chi connectivity index (χ1n) is 6.83. The molecule has 2 aromatic carbocycles. The van der Waals surface area contributed by atoms with Gasteiger partial charge in [0.1, 0.15) is 6.07 Å². The summed E-state index contributed by atoms with van der Waals surface area (Å²) in [7, 11) is 0. The van der Waals surface area contributed by atoms with Gasteiger partial charge in [-0.25, -0.2) is 0 Å². The zero-order valence-corrected chi connectivity index (χ0v) is 13.7. The molecular weight excluding hydrogens is 347 g/mol. The highest BCUT2D eigenvalue weighted by Crippen LogP contribution is 2.26. The van der Waals surface area contributed by atoms with Crippen molar-refractivity contribution in [2.45, 2.75) is 0 Å². The third kappa shape index (κ3) is 3.71. The number of anilines is 4. The Balaban J connectivity index is 1.81. The van der Waals surface area contributed by atoms with Crippen molar-refractivity contribution in [3.05, 3.63) is 64.3 Å². The standard InChI is InChI=1S/C16H10Cl2N6/c17-12-6-5-11(7-13(12)18)21-16-23-15(9-20-24-16)22-14-4-2-1-3-10(14)8-19/h1-7,9H,(H2,21,22,23,24). The molecule has 3 aromatic rings. The topological polar surface area (TPSA) is 86.5 Å². The lowest BCUT2D eigenvalue weighted by Crippen LogP contribution is -2.03. The average Bonchev–Trinajstić information content (AvgIpc) is 2.59. The van der Waals surface area contributed by atoms with Crippen molar-refractivity contribution in [2.75, 3.05) is 10.6 Å². The van der Waals surface area contributed by atoms with Crippen LogP contribution in [0.3, 0.4) is 0 Å². The number of nitriles is 1. The van der Waals surface area contributed by atoms with Crippen LogP contribution in [0.5, 0.6) is 0 Å². The van der Waals surface area contributed by atoms with Crippen LogP contribution in [0.15, 0.2) is 48.7 Å². The van der Waals surface area contributed by atoms with Crippen LogP contribution in [-0.2, 0) is 0 Å². The van der Waals surface area contributed by atoms with Gasteiger partial charge in [0, 0.05) is 5.69 Å². The van der Waals surface area contributed by atoms with E-state index < -0.39 is 0 Å². The first-order valence-corrected chi connectivity index (χ1v) is 7.59. The molecule has 0 fully saturated rings. The number of hydrogen-bond donors (Lipinski definition) is 2. The van der Waals surface area contributed by atoms with Crippen molar-refractivity contribution in [1.29, 1.82) is 5.26 Å². The summed E-state index contributed by atoms with van der Waals surface area (Å²) in [5.41, 5.74) is 1.83. The molecule has 0 aliphatic heterocycles. The van der Waals surface area contributed by atoms with Crippen LogP contribution in [0.25, 0.3) is 0 Å². The zero-order chi connectivity index (χ0) is 16.9. The molecule has 1 heterocycles. The molecular formula is C16H10Cl2N6. The minimum atomic E-state index is 0.285. The molecule has 1 aromatic heterocycles. The molecule has 0 radical (unpaired) electrons. The molecule has 24 heavy (non-hydrogen) atoms. The van der Waals surface area contributed by atoms with Gasteiger partial charge in [0.25, 0.3) is 0 Å². The maximum atomic E-state index is 9.12. The van der Waals surface area contributed by atoms with E-state index in [2.05, 4.69) is 31.9 Å². The lowest BCUT2D eigenvalue weighted by atomic mass is 10.2. The van der Waals surface area contributed by atoms with Crippen LogP contribution in [0.1, 0.15) is 5.56 Å². The number of para-hydroxylation sites is 1. The first-order chi connectivity index (χ1) is 11.7. The zero-order valence-electron chi connectivity index (χ0n) is 12.2. The Bertz CT molecular complexity index is 922. The van der Waals surface area contributed by atoms with Gasteiger partial charge in [0.05, 0.1) is 27.5 Å². The van der Waals surface area contributed by atoms with E-state index in [9.17, 15) is 0 Å². The van der Waals surface area contributed by atoms with Crippen molar-refractivity contribution < 1.29 is 0 Å². The van der Waals surface area contributed by atoms with Gasteiger partial charge in [0.2, 0.25) is 5.95 Å². The predicted molar refractivity (Wildman–Crippen MR) is 94.0 cm³/mol. The van der Waals surface area contributed by atoms with Crippen LogP contribution < -0.4 is 10.6 Å². The Hall–Kier alpha value is -2.88. The fourth-order valence-electron chi connectivity index (χ4n) is 1.95. The molecule has 0 atom stereocenters. The fourth-order valence-corrected chi connectivity index (χ4v) is 2.25. The van der Waals surface area contributed by atoms with E-state index in [0.29, 0.717) is 32.8 Å². The maximum Gasteiger partial charge on any atom is 0.249 e. The van der Waals surface area contributed by atoms with E-state index in [4.69, 9.17) is 28.5 Å². The van der Waals surface area contributed by atoms with Gasteiger partial charge in [-0.15, -0.1) is 5.10 Å². The summed E-state index contributed by atoms with van der Waals surface area (Å²) in [5.74, 6) is 0.739. The quantitative estimate of drug-likeness (QED) is 0.713. The van der Waals surface area contributed by atoms with Crippen molar-refractivity contribution >= 4 is 46.3 Å². The maximum absolute atomic E-state index is 9.12. The molecule has 0 saturated carbocycles. The number of hydrogen-bond acceptors (Lipinski definition) is 6. The Morgan fingerprint density at radius 1 is 1.00 bits per heavy atom. The van der Waals surface area contributed by atoms with Gasteiger partial charge in [-0.2, -0.15) is 15.3 Å². The minimum Gasteiger partial charge on any atom is -0.338 e. The normalized spacial score (nSPS) is 10.0. The second-order valence-electron chi connectivity index (χ2n) is 4.70. The Morgan fingerprint density at radius 2 is 1.83 bits per heavy atom. The smallest absolute Gasteiger partial charge is 0.249 e. The summed E-state index contributed by atoms with van der Waals surface area (Å²) in [4.78, 5) is 4.31. The highest BCUT2D eigenvalue weighted by atomic mass is 35.5. The van der Waals surface area contributed by atoms with E-state index in [-0.39, 0.29) is 5.95 Å². The van der Waals surface area contributed by atoms with Crippen LogP contribution in [0.4, 0.5) is 23.1 Å². The lowest BCUT2D eigenvalue weighted by molar-refractivity contribution is 0.982. The van der Waals surface area contributed by atoms with Gasteiger partial charge in [-0.05, 0) is 30.3 Å². The largest absolute Gasteiger partial charge is 0.338 e. The number of rotatable bonds is 4. The lowest BCUT2D eigenvalue weighted by Gasteiger charge is -2.09. The average molecular weight is 357 g/mol. The monoisotopic (exact) mass is 356 g/mol. The highest BCUT2D eigenvalue weighted by Gasteiger charge is 2.06. The van der Waals surface area contributed by atoms with Crippen molar-refractivity contribution in [3.8, 4) is 6.07 Å². The predicted octanol–water partition coefficient (Wildman–Crippen LogP) is 4.54. The van der Waals surface area contributed by atoms with E-state index in [1.54, 1.807) is 36.4 Å². The number of benzene rings is 2. The molecule has 0 bridgehead atoms.